The molecule has 4 aromatic carbocycles. The Kier molecular flexibility index (Phi) is 15.3. The van der Waals surface area contributed by atoms with Crippen LogP contribution in [0.3, 0.4) is 0 Å². The van der Waals surface area contributed by atoms with Crippen LogP contribution in [-0.2, 0) is 12.8 Å². The van der Waals surface area contributed by atoms with Crippen LogP contribution >= 0.6 is 24.0 Å². The molecule has 5 rings (SSSR count). The molecule has 0 aliphatic rings. The number of allylic oxidation sites excluding steroid dienone is 6. The van der Waals surface area contributed by atoms with Crippen molar-refractivity contribution in [2.75, 3.05) is 4.90 Å². The van der Waals surface area contributed by atoms with Gasteiger partial charge in [0.2, 0.25) is 0 Å². The molecule has 1 aromatic heterocycles. The molecule has 0 aliphatic heterocycles. The van der Waals surface area contributed by atoms with Gasteiger partial charge in [-0.1, -0.05) is 124 Å². The van der Waals surface area contributed by atoms with Crippen molar-refractivity contribution < 1.29 is 0 Å². The predicted octanol–water partition coefficient (Wildman–Crippen LogP) is 13.9. The Labute approximate surface area is 293 Å². The minimum absolute atomic E-state index is 0.903. The van der Waals surface area contributed by atoms with Crippen LogP contribution in [0.15, 0.2) is 151 Å². The summed E-state index contributed by atoms with van der Waals surface area (Å²) >= 11 is 6.50. The Morgan fingerprint density at radius 2 is 1.49 bits per heavy atom. The normalized spacial score (nSPS) is 11.2. The van der Waals surface area contributed by atoms with Gasteiger partial charge >= 0.3 is 0 Å². The first-order valence-electron chi connectivity index (χ1n) is 16.4. The van der Waals surface area contributed by atoms with Gasteiger partial charge in [0, 0.05) is 21.2 Å². The highest BCUT2D eigenvalue weighted by Crippen LogP contribution is 2.42. The van der Waals surface area contributed by atoms with E-state index in [-0.39, 0.29) is 0 Å². The van der Waals surface area contributed by atoms with Crippen molar-refractivity contribution in [2.24, 2.45) is 0 Å². The van der Waals surface area contributed by atoms with Crippen LogP contribution in [0.25, 0.3) is 21.7 Å². The molecule has 0 aliphatic carbocycles. The van der Waals surface area contributed by atoms with Crippen molar-refractivity contribution in [3.63, 3.8) is 0 Å². The summed E-state index contributed by atoms with van der Waals surface area (Å²) in [7, 11) is 0. The third-order valence-corrected chi connectivity index (χ3v) is 9.06. The maximum atomic E-state index is 4.64. The Morgan fingerprint density at radius 3 is 2.13 bits per heavy atom. The van der Waals surface area contributed by atoms with Crippen LogP contribution in [-0.4, -0.2) is 0 Å². The monoisotopic (exact) mass is 655 g/mol. The smallest absolute Gasteiger partial charge is 0.0640 e. The fourth-order valence-corrected chi connectivity index (χ4v) is 7.03. The lowest BCUT2D eigenvalue weighted by Gasteiger charge is -2.26. The molecule has 47 heavy (non-hydrogen) atoms. The van der Waals surface area contributed by atoms with Gasteiger partial charge < -0.3 is 4.90 Å². The second-order valence-electron chi connectivity index (χ2n) is 10.7. The van der Waals surface area contributed by atoms with Gasteiger partial charge in [-0.3, -0.25) is 0 Å². The third-order valence-electron chi connectivity index (χ3n) is 7.44. The first-order chi connectivity index (χ1) is 22.9. The molecule has 3 heteroatoms. The molecule has 0 radical (unpaired) electrons. The summed E-state index contributed by atoms with van der Waals surface area (Å²) in [4.78, 5) is 4.59. The topological polar surface area (TPSA) is 3.24 Å². The Hall–Kier alpha value is -4.31. The van der Waals surface area contributed by atoms with E-state index in [4.69, 9.17) is 0 Å². The summed E-state index contributed by atoms with van der Waals surface area (Å²) in [5.74, 6) is 0. The number of rotatable bonds is 10. The first kappa shape index (κ1) is 37.2. The minimum atomic E-state index is 0.903. The highest BCUT2D eigenvalue weighted by atomic mass is 32.1. The average molecular weight is 656 g/mol. The average Bonchev–Trinajstić information content (AvgIpc) is 3.45. The van der Waals surface area contributed by atoms with E-state index in [0.29, 0.717) is 0 Å². The van der Waals surface area contributed by atoms with Gasteiger partial charge in [0.25, 0.3) is 0 Å². The van der Waals surface area contributed by atoms with Crippen molar-refractivity contribution in [1.29, 1.82) is 0 Å². The van der Waals surface area contributed by atoms with Gasteiger partial charge in [0.15, 0.2) is 0 Å². The molecular formula is C44H49NS2. The maximum Gasteiger partial charge on any atom is 0.0640 e. The molecular weight excluding hydrogens is 607 g/mol. The molecule has 0 spiro atoms. The van der Waals surface area contributed by atoms with Crippen molar-refractivity contribution in [3.05, 3.63) is 173 Å². The SMILES string of the molecule is C=C(/C=C\C=C(/C)c1ccccc1S)N(c1ccc(Cc2ccccc2)cc1)c1cccc2c(CC)c(/C=C\C)sc12.C=CC.CC. The maximum absolute atomic E-state index is 4.64. The van der Waals surface area contributed by atoms with Gasteiger partial charge in [-0.25, -0.2) is 0 Å². The first-order valence-corrected chi connectivity index (χ1v) is 17.7. The van der Waals surface area contributed by atoms with Crippen LogP contribution in [0.5, 0.6) is 0 Å². The summed E-state index contributed by atoms with van der Waals surface area (Å²) in [6.45, 7) is 20.3. The number of thiophene rings is 1. The molecule has 0 fully saturated rings. The number of fused-ring (bicyclic) bond motifs is 1. The minimum Gasteiger partial charge on any atom is -0.310 e. The van der Waals surface area contributed by atoms with E-state index in [2.05, 4.69) is 161 Å². The summed E-state index contributed by atoms with van der Waals surface area (Å²) in [6.07, 6.45) is 14.3. The lowest BCUT2D eigenvalue weighted by molar-refractivity contribution is 1.16. The second kappa shape index (κ2) is 19.4. The predicted molar refractivity (Wildman–Crippen MR) is 217 cm³/mol. The zero-order chi connectivity index (χ0) is 34.2. The van der Waals surface area contributed by atoms with Crippen molar-refractivity contribution in [3.8, 4) is 0 Å². The van der Waals surface area contributed by atoms with Gasteiger partial charge in [-0.15, -0.1) is 30.5 Å². The Bertz CT molecular complexity index is 1820. The zero-order valence-electron chi connectivity index (χ0n) is 28.8. The van der Waals surface area contributed by atoms with Gasteiger partial charge in [0.1, 0.15) is 0 Å². The van der Waals surface area contributed by atoms with Gasteiger partial charge in [0.05, 0.1) is 10.4 Å². The molecule has 0 unspecified atom stereocenters. The number of hydrogen-bond acceptors (Lipinski definition) is 3. The van der Waals surface area contributed by atoms with E-state index in [0.717, 1.165) is 45.9 Å². The van der Waals surface area contributed by atoms with E-state index >= 15 is 0 Å². The molecule has 0 saturated carbocycles. The summed E-state index contributed by atoms with van der Waals surface area (Å²) < 4.78 is 1.28. The lowest BCUT2D eigenvalue weighted by atomic mass is 10.0. The largest absolute Gasteiger partial charge is 0.310 e. The number of thiol groups is 1. The molecule has 5 aromatic rings. The Morgan fingerprint density at radius 1 is 0.851 bits per heavy atom. The molecule has 1 nitrogen and oxygen atoms in total. The highest BCUT2D eigenvalue weighted by molar-refractivity contribution is 7.80. The van der Waals surface area contributed by atoms with E-state index in [1.807, 2.05) is 50.3 Å². The number of anilines is 2. The van der Waals surface area contributed by atoms with Crippen molar-refractivity contribution in [2.45, 2.75) is 59.3 Å². The van der Waals surface area contributed by atoms with Crippen molar-refractivity contribution in [1.82, 2.24) is 0 Å². The molecule has 0 atom stereocenters. The summed E-state index contributed by atoms with van der Waals surface area (Å²) in [5.41, 5.74) is 9.43. The van der Waals surface area contributed by atoms with Gasteiger partial charge in [-0.2, -0.15) is 0 Å². The number of benzene rings is 4. The Balaban J connectivity index is 0.00000114. The fraction of sp³-hybridized carbons (Fsp3) is 0.182. The molecule has 0 bridgehead atoms. The van der Waals surface area contributed by atoms with Crippen LogP contribution in [0.1, 0.15) is 68.7 Å². The van der Waals surface area contributed by atoms with Crippen LogP contribution < -0.4 is 4.90 Å². The lowest BCUT2D eigenvalue weighted by Crippen LogP contribution is -2.14. The fourth-order valence-electron chi connectivity index (χ4n) is 5.33. The van der Waals surface area contributed by atoms with Crippen LogP contribution in [0.2, 0.25) is 0 Å². The van der Waals surface area contributed by atoms with E-state index in [9.17, 15) is 0 Å². The molecule has 1 heterocycles. The van der Waals surface area contributed by atoms with E-state index in [1.54, 1.807) is 6.08 Å². The molecule has 0 N–H and O–H groups in total. The van der Waals surface area contributed by atoms with Crippen LogP contribution in [0.4, 0.5) is 11.4 Å². The van der Waals surface area contributed by atoms with Crippen molar-refractivity contribution >= 4 is 57.1 Å². The summed E-state index contributed by atoms with van der Waals surface area (Å²) in [5, 5.41) is 1.32. The second-order valence-corrected chi connectivity index (χ2v) is 12.3. The number of nitrogens with zero attached hydrogens (tertiary/aromatic N) is 1. The highest BCUT2D eigenvalue weighted by Gasteiger charge is 2.19. The third kappa shape index (κ3) is 9.84. The number of aryl methyl sites for hydroxylation is 1. The van der Waals surface area contributed by atoms with Crippen LogP contribution in [0, 0.1) is 0 Å². The quantitative estimate of drug-likeness (QED) is 0.0890. The standard InChI is InChI=1S/C39H37NS2.C3H6.C2H6/c1-5-14-38-33(6-2)35-20-13-21-36(39(35)42-38)40(29(4)16-12-15-28(3)34-19-10-11-22-37(34)41)32-25-23-31(24-26-32)27-30-17-8-7-9-18-30;1-3-2;1-2/h5,7-26,41H,4,6,27H2,1-3H3;3H,1H2,2H3;1-2H3/b14-5-,16-12-,28-15+;;. The van der Waals surface area contributed by atoms with Gasteiger partial charge in [-0.05, 0) is 103 Å². The molecule has 242 valence electrons. The molecule has 0 saturated heterocycles. The number of hydrogen-bond donors (Lipinski definition) is 1. The summed E-state index contributed by atoms with van der Waals surface area (Å²) in [6, 6.07) is 34.3. The van der Waals surface area contributed by atoms with E-state index in [1.165, 1.54) is 31.7 Å². The zero-order valence-corrected chi connectivity index (χ0v) is 30.5. The van der Waals surface area contributed by atoms with E-state index < -0.39 is 0 Å². The molecule has 0 amide bonds.